The summed E-state index contributed by atoms with van der Waals surface area (Å²) in [5.74, 6) is -0.520. The third-order valence-corrected chi connectivity index (χ3v) is 10.9. The average molecular weight is 688 g/mol. The largest absolute Gasteiger partial charge is 0.493 e. The number of carbonyl (C=O) groups is 1. The van der Waals surface area contributed by atoms with Crippen LogP contribution in [0.25, 0.3) is 11.1 Å². The van der Waals surface area contributed by atoms with Gasteiger partial charge in [-0.1, -0.05) is 30.7 Å². The number of benzene rings is 2. The number of anilines is 1. The van der Waals surface area contributed by atoms with Crippen molar-refractivity contribution in [2.24, 2.45) is 5.41 Å². The zero-order valence-electron chi connectivity index (χ0n) is 30.5. The van der Waals surface area contributed by atoms with Crippen molar-refractivity contribution in [1.29, 1.82) is 0 Å². The predicted octanol–water partition coefficient (Wildman–Crippen LogP) is 8.14. The first kappa shape index (κ1) is 36.3. The van der Waals surface area contributed by atoms with E-state index < -0.39 is 17.7 Å². The maximum atomic E-state index is 13.4. The van der Waals surface area contributed by atoms with Crippen molar-refractivity contribution in [3.05, 3.63) is 76.9 Å². The Morgan fingerprint density at radius 2 is 1.72 bits per heavy atom. The van der Waals surface area contributed by atoms with Gasteiger partial charge in [-0.2, -0.15) is 0 Å². The second-order valence-electron chi connectivity index (χ2n) is 15.6. The number of carboxylic acid groups (broad SMARTS) is 1. The fourth-order valence-electron chi connectivity index (χ4n) is 7.94. The molecule has 0 unspecified atom stereocenters. The Morgan fingerprint density at radius 3 is 2.30 bits per heavy atom. The zero-order valence-corrected chi connectivity index (χ0v) is 30.5. The summed E-state index contributed by atoms with van der Waals surface area (Å²) in [6, 6.07) is 15.0. The highest BCUT2D eigenvalue weighted by Gasteiger charge is 2.42. The molecule has 1 aliphatic carbocycles. The lowest BCUT2D eigenvalue weighted by atomic mass is 9.63. The van der Waals surface area contributed by atoms with Gasteiger partial charge in [-0.15, -0.1) is 0 Å². The van der Waals surface area contributed by atoms with Gasteiger partial charge in [0.1, 0.15) is 11.6 Å². The Kier molecular flexibility index (Phi) is 11.2. The SMILES string of the molecule is Cc1nc(CN(C)C2CCOCC2)c(-c2ccc(OCCc3ccc(F)cc3)cc2)c(N2CCC3(CCC3)CC2)c1[C@H](OC(C)(C)C)C(=O)O. The van der Waals surface area contributed by atoms with E-state index in [1.807, 2.05) is 39.8 Å². The minimum atomic E-state index is -1.17. The predicted molar refractivity (Wildman–Crippen MR) is 194 cm³/mol. The quantitative estimate of drug-likeness (QED) is 0.204. The molecule has 3 aromatic rings. The molecule has 1 atom stereocenters. The molecular formula is C41H54FN3O5. The molecular weight excluding hydrogens is 633 g/mol. The number of halogens is 1. The van der Waals surface area contributed by atoms with Crippen molar-refractivity contribution >= 4 is 11.7 Å². The number of aliphatic carboxylic acids is 1. The van der Waals surface area contributed by atoms with E-state index >= 15 is 0 Å². The third kappa shape index (κ3) is 8.49. The Morgan fingerprint density at radius 1 is 1.06 bits per heavy atom. The Hall–Kier alpha value is -3.53. The van der Waals surface area contributed by atoms with Gasteiger partial charge in [0.15, 0.2) is 6.10 Å². The van der Waals surface area contributed by atoms with Crippen LogP contribution in [0.2, 0.25) is 0 Å². The van der Waals surface area contributed by atoms with Crippen molar-refractivity contribution in [3.8, 4) is 16.9 Å². The number of aromatic nitrogens is 1. The number of pyridine rings is 1. The van der Waals surface area contributed by atoms with Crippen LogP contribution in [-0.2, 0) is 27.2 Å². The molecule has 2 saturated heterocycles. The Labute approximate surface area is 296 Å². The number of piperidine rings is 1. The van der Waals surface area contributed by atoms with Gasteiger partial charge in [-0.05, 0) is 114 Å². The molecule has 1 aromatic heterocycles. The lowest BCUT2D eigenvalue weighted by molar-refractivity contribution is -0.160. The summed E-state index contributed by atoms with van der Waals surface area (Å²) in [5.41, 5.74) is 5.90. The molecule has 1 spiro atoms. The molecule has 270 valence electrons. The number of hydrogen-bond donors (Lipinski definition) is 1. The first-order chi connectivity index (χ1) is 23.9. The molecule has 3 heterocycles. The van der Waals surface area contributed by atoms with Gasteiger partial charge >= 0.3 is 5.97 Å². The van der Waals surface area contributed by atoms with Crippen molar-refractivity contribution < 1.29 is 28.5 Å². The number of ether oxygens (including phenoxy) is 3. The van der Waals surface area contributed by atoms with E-state index in [4.69, 9.17) is 19.2 Å². The first-order valence-corrected chi connectivity index (χ1v) is 18.4. The minimum Gasteiger partial charge on any atom is -0.493 e. The summed E-state index contributed by atoms with van der Waals surface area (Å²) in [4.78, 5) is 23.1. The number of aryl methyl sites for hydroxylation is 1. The molecule has 8 nitrogen and oxygen atoms in total. The molecule has 3 fully saturated rings. The number of nitrogens with zero attached hydrogens (tertiary/aromatic N) is 3. The lowest BCUT2D eigenvalue weighted by Crippen LogP contribution is -2.44. The molecule has 9 heteroatoms. The summed E-state index contributed by atoms with van der Waals surface area (Å²) < 4.78 is 31.5. The highest BCUT2D eigenvalue weighted by atomic mass is 19.1. The fraction of sp³-hybridized carbons (Fsp3) is 0.561. The van der Waals surface area contributed by atoms with E-state index in [1.54, 1.807) is 12.1 Å². The van der Waals surface area contributed by atoms with Gasteiger partial charge in [0.2, 0.25) is 0 Å². The van der Waals surface area contributed by atoms with Crippen LogP contribution in [0, 0.1) is 18.2 Å². The molecule has 50 heavy (non-hydrogen) atoms. The van der Waals surface area contributed by atoms with Crippen LogP contribution >= 0.6 is 0 Å². The maximum Gasteiger partial charge on any atom is 0.337 e. The molecule has 6 rings (SSSR count). The average Bonchev–Trinajstić information content (AvgIpc) is 3.08. The maximum absolute atomic E-state index is 13.4. The molecule has 0 bridgehead atoms. The van der Waals surface area contributed by atoms with Gasteiger partial charge in [-0.3, -0.25) is 9.88 Å². The van der Waals surface area contributed by atoms with E-state index in [1.165, 1.54) is 31.4 Å². The second-order valence-corrected chi connectivity index (χ2v) is 15.6. The van der Waals surface area contributed by atoms with Gasteiger partial charge in [0.05, 0.1) is 23.6 Å². The molecule has 1 saturated carbocycles. The number of carboxylic acids is 1. The summed E-state index contributed by atoms with van der Waals surface area (Å²) >= 11 is 0. The monoisotopic (exact) mass is 687 g/mol. The molecule has 3 aliphatic rings. The Balaban J connectivity index is 1.41. The highest BCUT2D eigenvalue weighted by Crippen LogP contribution is 2.51. The highest BCUT2D eigenvalue weighted by molar-refractivity contribution is 5.88. The van der Waals surface area contributed by atoms with E-state index in [-0.39, 0.29) is 5.82 Å². The standard InChI is InChI=1S/C41H54FN3O5/c1-28-35(38(39(46)47)50-40(2,3)4)37(45-22-20-41(21-23-45)18-6-19-41)36(34(43-28)27-44(5)32-16-24-48-25-17-32)30-9-13-33(14-10-30)49-26-15-29-7-11-31(42)12-8-29/h7-14,32,38H,6,15-27H2,1-5H3,(H,46,47)/t38-/m0/s1. The lowest BCUT2D eigenvalue weighted by Gasteiger charge is -2.49. The van der Waals surface area contributed by atoms with Crippen LogP contribution in [-0.4, -0.2) is 72.6 Å². The smallest absolute Gasteiger partial charge is 0.337 e. The summed E-state index contributed by atoms with van der Waals surface area (Å²) in [6.45, 7) is 12.0. The van der Waals surface area contributed by atoms with Gasteiger partial charge in [0.25, 0.3) is 0 Å². The normalized spacial score (nSPS) is 18.7. The molecule has 1 N–H and O–H groups in total. The van der Waals surface area contributed by atoms with Crippen LogP contribution in [0.15, 0.2) is 48.5 Å². The van der Waals surface area contributed by atoms with Crippen LogP contribution in [0.4, 0.5) is 10.1 Å². The summed E-state index contributed by atoms with van der Waals surface area (Å²) in [5, 5.41) is 10.7. The molecule has 0 amide bonds. The first-order valence-electron chi connectivity index (χ1n) is 18.4. The van der Waals surface area contributed by atoms with Crippen molar-refractivity contribution in [2.75, 3.05) is 44.9 Å². The fourth-order valence-corrected chi connectivity index (χ4v) is 7.94. The number of hydrogen-bond acceptors (Lipinski definition) is 7. The number of rotatable bonds is 12. The van der Waals surface area contributed by atoms with Gasteiger partial charge in [-0.25, -0.2) is 9.18 Å². The summed E-state index contributed by atoms with van der Waals surface area (Å²) in [7, 11) is 2.16. The van der Waals surface area contributed by atoms with Crippen LogP contribution in [0.3, 0.4) is 0 Å². The minimum absolute atomic E-state index is 0.247. The second kappa shape index (κ2) is 15.4. The molecule has 2 aliphatic heterocycles. The van der Waals surface area contributed by atoms with Crippen molar-refractivity contribution in [2.45, 2.75) is 103 Å². The Bertz CT molecular complexity index is 1600. The van der Waals surface area contributed by atoms with E-state index in [9.17, 15) is 14.3 Å². The zero-order chi connectivity index (χ0) is 35.5. The van der Waals surface area contributed by atoms with Crippen LogP contribution in [0.5, 0.6) is 5.75 Å². The van der Waals surface area contributed by atoms with Crippen molar-refractivity contribution in [3.63, 3.8) is 0 Å². The van der Waals surface area contributed by atoms with E-state index in [0.717, 1.165) is 85.8 Å². The van der Waals surface area contributed by atoms with Crippen LogP contribution < -0.4 is 9.64 Å². The van der Waals surface area contributed by atoms with Crippen molar-refractivity contribution in [1.82, 2.24) is 9.88 Å². The van der Waals surface area contributed by atoms with Gasteiger partial charge < -0.3 is 24.2 Å². The van der Waals surface area contributed by atoms with Gasteiger partial charge in [0, 0.05) is 62.1 Å². The topological polar surface area (TPSA) is 84.4 Å². The third-order valence-electron chi connectivity index (χ3n) is 10.9. The molecule has 0 radical (unpaired) electrons. The van der Waals surface area contributed by atoms with Crippen LogP contribution in [0.1, 0.15) is 94.3 Å². The molecule has 2 aromatic carbocycles. The summed E-state index contributed by atoms with van der Waals surface area (Å²) in [6.07, 6.45) is 7.49. The van der Waals surface area contributed by atoms with E-state index in [0.29, 0.717) is 42.3 Å². The van der Waals surface area contributed by atoms with E-state index in [2.05, 4.69) is 29.0 Å².